The first kappa shape index (κ1) is 15.5. The van der Waals surface area contributed by atoms with Crippen LogP contribution in [0.15, 0.2) is 54.6 Å². The van der Waals surface area contributed by atoms with E-state index in [9.17, 15) is 5.11 Å². The van der Waals surface area contributed by atoms with Crippen LogP contribution in [0, 0.1) is 0 Å². The van der Waals surface area contributed by atoms with Gasteiger partial charge in [-0.2, -0.15) is 0 Å². The highest BCUT2D eigenvalue weighted by atomic mass is 16.5. The normalized spacial score (nSPS) is 12.1. The van der Waals surface area contributed by atoms with Crippen LogP contribution >= 0.6 is 0 Å². The van der Waals surface area contributed by atoms with E-state index in [1.807, 2.05) is 48.5 Å². The molecule has 0 saturated carbocycles. The van der Waals surface area contributed by atoms with Gasteiger partial charge in [-0.3, -0.25) is 0 Å². The van der Waals surface area contributed by atoms with E-state index in [0.29, 0.717) is 6.54 Å². The molecule has 1 unspecified atom stereocenters. The SMILES string of the molecule is CCCOc1cccc(CNC(CO)c2ccccc2)c1. The lowest BCUT2D eigenvalue weighted by molar-refractivity contribution is 0.243. The van der Waals surface area contributed by atoms with Gasteiger partial charge in [0.1, 0.15) is 5.75 Å². The third kappa shape index (κ3) is 4.88. The van der Waals surface area contributed by atoms with Crippen LogP contribution in [0.5, 0.6) is 5.75 Å². The minimum absolute atomic E-state index is 0.0496. The summed E-state index contributed by atoms with van der Waals surface area (Å²) < 4.78 is 5.64. The molecule has 112 valence electrons. The highest BCUT2D eigenvalue weighted by Crippen LogP contribution is 2.16. The van der Waals surface area contributed by atoms with Crippen molar-refractivity contribution in [3.63, 3.8) is 0 Å². The van der Waals surface area contributed by atoms with Crippen molar-refractivity contribution in [1.82, 2.24) is 5.32 Å². The second-order valence-corrected chi connectivity index (χ2v) is 5.02. The Labute approximate surface area is 126 Å². The first-order valence-electron chi connectivity index (χ1n) is 7.44. The van der Waals surface area contributed by atoms with Gasteiger partial charge in [0.25, 0.3) is 0 Å². The Kier molecular flexibility index (Phi) is 6.25. The van der Waals surface area contributed by atoms with Gasteiger partial charge in [-0.05, 0) is 29.7 Å². The Bertz CT molecular complexity index is 528. The summed E-state index contributed by atoms with van der Waals surface area (Å²) in [5.74, 6) is 0.899. The number of aliphatic hydroxyl groups is 1. The molecule has 2 rings (SSSR count). The number of nitrogens with one attached hydrogen (secondary N) is 1. The number of rotatable bonds is 8. The van der Waals surface area contributed by atoms with Gasteiger partial charge in [-0.25, -0.2) is 0 Å². The topological polar surface area (TPSA) is 41.5 Å². The van der Waals surface area contributed by atoms with Gasteiger partial charge in [0.2, 0.25) is 0 Å². The molecule has 0 aliphatic carbocycles. The highest BCUT2D eigenvalue weighted by Gasteiger charge is 2.09. The van der Waals surface area contributed by atoms with Crippen LogP contribution in [0.4, 0.5) is 0 Å². The average molecular weight is 285 g/mol. The lowest BCUT2D eigenvalue weighted by Gasteiger charge is -2.17. The summed E-state index contributed by atoms with van der Waals surface area (Å²) in [7, 11) is 0. The van der Waals surface area contributed by atoms with E-state index >= 15 is 0 Å². The fourth-order valence-corrected chi connectivity index (χ4v) is 2.18. The van der Waals surface area contributed by atoms with Gasteiger partial charge in [0, 0.05) is 6.54 Å². The Morgan fingerprint density at radius 1 is 1.10 bits per heavy atom. The summed E-state index contributed by atoms with van der Waals surface area (Å²) in [5, 5.41) is 12.9. The van der Waals surface area contributed by atoms with Gasteiger partial charge in [0.15, 0.2) is 0 Å². The van der Waals surface area contributed by atoms with Crippen molar-refractivity contribution < 1.29 is 9.84 Å². The van der Waals surface area contributed by atoms with Crippen LogP contribution < -0.4 is 10.1 Å². The Hall–Kier alpha value is -1.84. The summed E-state index contributed by atoms with van der Waals surface area (Å²) in [4.78, 5) is 0. The van der Waals surface area contributed by atoms with Crippen molar-refractivity contribution >= 4 is 0 Å². The first-order valence-corrected chi connectivity index (χ1v) is 7.44. The molecule has 0 aliphatic heterocycles. The number of ether oxygens (including phenoxy) is 1. The lowest BCUT2D eigenvalue weighted by Crippen LogP contribution is -2.23. The predicted molar refractivity (Wildman–Crippen MR) is 85.3 cm³/mol. The van der Waals surface area contributed by atoms with Crippen molar-refractivity contribution in [1.29, 1.82) is 0 Å². The van der Waals surface area contributed by atoms with Gasteiger partial charge in [0.05, 0.1) is 19.3 Å². The van der Waals surface area contributed by atoms with Gasteiger partial charge < -0.3 is 15.2 Å². The van der Waals surface area contributed by atoms with Gasteiger partial charge >= 0.3 is 0 Å². The van der Waals surface area contributed by atoms with E-state index in [1.165, 1.54) is 0 Å². The third-order valence-electron chi connectivity index (χ3n) is 3.31. The summed E-state index contributed by atoms with van der Waals surface area (Å²) >= 11 is 0. The highest BCUT2D eigenvalue weighted by molar-refractivity contribution is 5.28. The Morgan fingerprint density at radius 3 is 2.62 bits per heavy atom. The molecule has 3 nitrogen and oxygen atoms in total. The molecule has 1 atom stereocenters. The zero-order valence-corrected chi connectivity index (χ0v) is 12.5. The van der Waals surface area contributed by atoms with E-state index in [1.54, 1.807) is 0 Å². The molecule has 2 N–H and O–H groups in total. The minimum atomic E-state index is -0.0496. The molecule has 3 heteroatoms. The average Bonchev–Trinajstić information content (AvgIpc) is 2.55. The van der Waals surface area contributed by atoms with E-state index in [4.69, 9.17) is 4.74 Å². The zero-order valence-electron chi connectivity index (χ0n) is 12.5. The molecule has 2 aromatic rings. The Morgan fingerprint density at radius 2 is 1.90 bits per heavy atom. The summed E-state index contributed by atoms with van der Waals surface area (Å²) in [5.41, 5.74) is 2.25. The molecular weight excluding hydrogens is 262 g/mol. The molecule has 0 radical (unpaired) electrons. The van der Waals surface area contributed by atoms with Crippen molar-refractivity contribution in [2.45, 2.75) is 25.9 Å². The van der Waals surface area contributed by atoms with Gasteiger partial charge in [-0.15, -0.1) is 0 Å². The van der Waals surface area contributed by atoms with Crippen LogP contribution in [-0.4, -0.2) is 18.3 Å². The second-order valence-electron chi connectivity index (χ2n) is 5.02. The van der Waals surface area contributed by atoms with Crippen LogP contribution in [0.1, 0.15) is 30.5 Å². The smallest absolute Gasteiger partial charge is 0.119 e. The lowest BCUT2D eigenvalue weighted by atomic mass is 10.1. The quantitative estimate of drug-likeness (QED) is 0.782. The molecule has 0 heterocycles. The third-order valence-corrected chi connectivity index (χ3v) is 3.31. The molecule has 0 aromatic heterocycles. The van der Waals surface area contributed by atoms with Crippen molar-refractivity contribution in [2.24, 2.45) is 0 Å². The fraction of sp³-hybridized carbons (Fsp3) is 0.333. The molecule has 0 amide bonds. The molecule has 0 saturated heterocycles. The van der Waals surface area contributed by atoms with Crippen LogP contribution in [0.25, 0.3) is 0 Å². The van der Waals surface area contributed by atoms with Crippen molar-refractivity contribution in [2.75, 3.05) is 13.2 Å². The first-order chi connectivity index (χ1) is 10.3. The van der Waals surface area contributed by atoms with E-state index in [-0.39, 0.29) is 12.6 Å². The standard InChI is InChI=1S/C18H23NO2/c1-2-11-21-17-10-6-7-15(12-17)13-19-18(14-20)16-8-4-3-5-9-16/h3-10,12,18-20H,2,11,13-14H2,1H3. The summed E-state index contributed by atoms with van der Waals surface area (Å²) in [6, 6.07) is 18.0. The molecule has 0 aliphatic rings. The van der Waals surface area contributed by atoms with Crippen LogP contribution in [0.3, 0.4) is 0 Å². The maximum Gasteiger partial charge on any atom is 0.119 e. The Balaban J connectivity index is 1.95. The van der Waals surface area contributed by atoms with E-state index < -0.39 is 0 Å². The largest absolute Gasteiger partial charge is 0.494 e. The molecule has 0 fully saturated rings. The monoisotopic (exact) mass is 285 g/mol. The maximum absolute atomic E-state index is 9.54. The summed E-state index contributed by atoms with van der Waals surface area (Å²) in [6.45, 7) is 3.61. The zero-order chi connectivity index (χ0) is 14.9. The van der Waals surface area contributed by atoms with Crippen LogP contribution in [-0.2, 0) is 6.54 Å². The summed E-state index contributed by atoms with van der Waals surface area (Å²) in [6.07, 6.45) is 1.00. The number of benzene rings is 2. The maximum atomic E-state index is 9.54. The van der Waals surface area contributed by atoms with E-state index in [0.717, 1.165) is 29.9 Å². The van der Waals surface area contributed by atoms with Gasteiger partial charge in [-0.1, -0.05) is 49.4 Å². The van der Waals surface area contributed by atoms with Crippen molar-refractivity contribution in [3.8, 4) is 5.75 Å². The van der Waals surface area contributed by atoms with E-state index in [2.05, 4.69) is 18.3 Å². The number of hydrogen-bond acceptors (Lipinski definition) is 3. The molecule has 2 aromatic carbocycles. The molecular formula is C18H23NO2. The molecule has 0 bridgehead atoms. The molecule has 21 heavy (non-hydrogen) atoms. The molecule has 0 spiro atoms. The minimum Gasteiger partial charge on any atom is -0.494 e. The van der Waals surface area contributed by atoms with Crippen molar-refractivity contribution in [3.05, 3.63) is 65.7 Å². The second kappa shape index (κ2) is 8.45. The fourth-order valence-electron chi connectivity index (χ4n) is 2.18. The number of aliphatic hydroxyl groups excluding tert-OH is 1. The number of hydrogen-bond donors (Lipinski definition) is 2. The predicted octanol–water partition coefficient (Wildman–Crippen LogP) is 3.30. The van der Waals surface area contributed by atoms with Crippen LogP contribution in [0.2, 0.25) is 0 Å².